The molecule has 0 radical (unpaired) electrons. The van der Waals surface area contributed by atoms with Crippen LogP contribution in [0.25, 0.3) is 0 Å². The maximum atomic E-state index is 11.8. The molecular formula is C21H32Cl2N2O. The molecule has 0 atom stereocenters. The Morgan fingerprint density at radius 2 is 1.42 bits per heavy atom. The van der Waals surface area contributed by atoms with E-state index in [1.807, 2.05) is 0 Å². The Bertz CT molecular complexity index is 527. The van der Waals surface area contributed by atoms with E-state index in [0.29, 0.717) is 22.0 Å². The molecule has 0 unspecified atom stereocenters. The van der Waals surface area contributed by atoms with Crippen LogP contribution in [0.15, 0.2) is 23.3 Å². The summed E-state index contributed by atoms with van der Waals surface area (Å²) in [6.45, 7) is 2.25. The molecule has 0 fully saturated rings. The molecule has 146 valence electrons. The second kappa shape index (κ2) is 15.0. The normalized spacial score (nSPS) is 11.2. The number of nitrogens with zero attached hydrogens (tertiary/aromatic N) is 1. The fourth-order valence-corrected chi connectivity index (χ4v) is 3.30. The van der Waals surface area contributed by atoms with Crippen LogP contribution in [0, 0.1) is 0 Å². The molecule has 5 heteroatoms. The van der Waals surface area contributed by atoms with Crippen molar-refractivity contribution in [3.05, 3.63) is 33.8 Å². The van der Waals surface area contributed by atoms with Gasteiger partial charge in [0.1, 0.15) is 0 Å². The Labute approximate surface area is 168 Å². The van der Waals surface area contributed by atoms with Crippen LogP contribution in [-0.4, -0.2) is 12.1 Å². The van der Waals surface area contributed by atoms with Crippen LogP contribution in [0.5, 0.6) is 0 Å². The first-order chi connectivity index (χ1) is 12.6. The molecular weight excluding hydrogens is 367 g/mol. The Morgan fingerprint density at radius 1 is 0.923 bits per heavy atom. The van der Waals surface area contributed by atoms with E-state index in [2.05, 4.69) is 17.5 Å². The summed E-state index contributed by atoms with van der Waals surface area (Å²) < 4.78 is 0. The van der Waals surface area contributed by atoms with Crippen LogP contribution >= 0.6 is 23.2 Å². The fraction of sp³-hybridized carbons (Fsp3) is 0.619. The van der Waals surface area contributed by atoms with Gasteiger partial charge in [-0.3, -0.25) is 4.79 Å². The molecule has 1 aromatic rings. The zero-order valence-corrected chi connectivity index (χ0v) is 17.4. The van der Waals surface area contributed by atoms with Crippen molar-refractivity contribution in [1.29, 1.82) is 0 Å². The second-order valence-electron chi connectivity index (χ2n) is 6.71. The quantitative estimate of drug-likeness (QED) is 0.202. The molecule has 1 rings (SSSR count). The summed E-state index contributed by atoms with van der Waals surface area (Å²) in [4.78, 5) is 11.8. The van der Waals surface area contributed by atoms with Gasteiger partial charge in [0.15, 0.2) is 0 Å². The molecule has 0 aliphatic carbocycles. The lowest BCUT2D eigenvalue weighted by Gasteiger charge is -2.03. The highest BCUT2D eigenvalue weighted by Gasteiger charge is 2.03. The van der Waals surface area contributed by atoms with E-state index in [9.17, 15) is 4.79 Å². The van der Waals surface area contributed by atoms with E-state index in [1.165, 1.54) is 64.0 Å². The Balaban J connectivity index is 2.01. The predicted molar refractivity (Wildman–Crippen MR) is 113 cm³/mol. The highest BCUT2D eigenvalue weighted by molar-refractivity contribution is 6.38. The molecule has 1 amide bonds. The van der Waals surface area contributed by atoms with Gasteiger partial charge in [-0.15, -0.1) is 0 Å². The number of benzene rings is 1. The molecule has 0 saturated heterocycles. The Morgan fingerprint density at radius 3 is 1.96 bits per heavy atom. The minimum Gasteiger partial charge on any atom is -0.273 e. The second-order valence-corrected chi connectivity index (χ2v) is 7.53. The minimum atomic E-state index is -0.0691. The van der Waals surface area contributed by atoms with Crippen LogP contribution in [-0.2, 0) is 4.79 Å². The number of amides is 1. The number of halogens is 2. The molecule has 26 heavy (non-hydrogen) atoms. The molecule has 3 nitrogen and oxygen atoms in total. The zero-order valence-electron chi connectivity index (χ0n) is 15.9. The third-order valence-electron chi connectivity index (χ3n) is 4.39. The van der Waals surface area contributed by atoms with Crippen LogP contribution in [0.2, 0.25) is 10.0 Å². The minimum absolute atomic E-state index is 0.0691. The summed E-state index contributed by atoms with van der Waals surface area (Å²) in [5.74, 6) is -0.0691. The molecule has 0 bridgehead atoms. The van der Waals surface area contributed by atoms with E-state index >= 15 is 0 Å². The monoisotopic (exact) mass is 398 g/mol. The Hall–Kier alpha value is -1.06. The maximum absolute atomic E-state index is 11.8. The average molecular weight is 399 g/mol. The lowest BCUT2D eigenvalue weighted by atomic mass is 10.1. The summed E-state index contributed by atoms with van der Waals surface area (Å²) >= 11 is 12.1. The van der Waals surface area contributed by atoms with Crippen molar-refractivity contribution >= 4 is 35.3 Å². The molecule has 0 aromatic heterocycles. The van der Waals surface area contributed by atoms with E-state index in [-0.39, 0.29) is 5.91 Å². The molecule has 1 aromatic carbocycles. The Kier molecular flexibility index (Phi) is 13.3. The molecule has 1 N–H and O–H groups in total. The van der Waals surface area contributed by atoms with Gasteiger partial charge in [-0.2, -0.15) is 5.10 Å². The van der Waals surface area contributed by atoms with Gasteiger partial charge in [0, 0.05) is 12.0 Å². The van der Waals surface area contributed by atoms with Gasteiger partial charge in [0.05, 0.1) is 16.3 Å². The van der Waals surface area contributed by atoms with Gasteiger partial charge >= 0.3 is 0 Å². The van der Waals surface area contributed by atoms with Gasteiger partial charge in [0.25, 0.3) is 0 Å². The van der Waals surface area contributed by atoms with Gasteiger partial charge in [-0.1, -0.05) is 100 Å². The number of hydrogen-bond acceptors (Lipinski definition) is 2. The summed E-state index contributed by atoms with van der Waals surface area (Å²) in [6.07, 6.45) is 16.0. The first-order valence-corrected chi connectivity index (χ1v) is 10.7. The number of carbonyl (C=O) groups is 1. The highest BCUT2D eigenvalue weighted by atomic mass is 35.5. The van der Waals surface area contributed by atoms with Crippen molar-refractivity contribution in [3.8, 4) is 0 Å². The van der Waals surface area contributed by atoms with E-state index in [4.69, 9.17) is 23.2 Å². The summed E-state index contributed by atoms with van der Waals surface area (Å²) in [5.41, 5.74) is 3.15. The maximum Gasteiger partial charge on any atom is 0.240 e. The van der Waals surface area contributed by atoms with Crippen molar-refractivity contribution < 1.29 is 4.79 Å². The van der Waals surface area contributed by atoms with Crippen LogP contribution in [0.1, 0.15) is 89.5 Å². The SMILES string of the molecule is CCCCCCCCCCCCCC(=O)N/N=C/c1c(Cl)cccc1Cl. The van der Waals surface area contributed by atoms with Crippen molar-refractivity contribution in [3.63, 3.8) is 0 Å². The van der Waals surface area contributed by atoms with Crippen molar-refractivity contribution in [1.82, 2.24) is 5.43 Å². The van der Waals surface area contributed by atoms with Crippen molar-refractivity contribution in [2.45, 2.75) is 84.0 Å². The van der Waals surface area contributed by atoms with E-state index < -0.39 is 0 Å². The van der Waals surface area contributed by atoms with Gasteiger partial charge in [0.2, 0.25) is 5.91 Å². The molecule has 0 heterocycles. The van der Waals surface area contributed by atoms with E-state index in [1.54, 1.807) is 18.2 Å². The highest BCUT2D eigenvalue weighted by Crippen LogP contribution is 2.22. The summed E-state index contributed by atoms with van der Waals surface area (Å²) in [5, 5.41) is 4.97. The molecule has 0 saturated carbocycles. The first-order valence-electron chi connectivity index (χ1n) is 9.91. The van der Waals surface area contributed by atoms with Gasteiger partial charge in [-0.25, -0.2) is 5.43 Å². The molecule has 0 spiro atoms. The number of unbranched alkanes of at least 4 members (excludes halogenated alkanes) is 10. The summed E-state index contributed by atoms with van der Waals surface area (Å²) in [6, 6.07) is 5.25. The standard InChI is InChI=1S/C21H32Cl2N2O/c1-2-3-4-5-6-7-8-9-10-11-12-16-21(26)25-24-17-18-19(22)14-13-15-20(18)23/h13-15,17H,2-12,16H2,1H3,(H,25,26)/b24-17+. The van der Waals surface area contributed by atoms with Gasteiger partial charge in [-0.05, 0) is 18.6 Å². The number of hydrazone groups is 1. The number of carbonyl (C=O) groups excluding carboxylic acids is 1. The lowest BCUT2D eigenvalue weighted by molar-refractivity contribution is -0.121. The zero-order chi connectivity index (χ0) is 19.0. The number of rotatable bonds is 14. The van der Waals surface area contributed by atoms with Crippen molar-refractivity contribution in [2.75, 3.05) is 0 Å². The average Bonchev–Trinajstić information content (AvgIpc) is 2.62. The topological polar surface area (TPSA) is 41.5 Å². The largest absolute Gasteiger partial charge is 0.273 e. The summed E-state index contributed by atoms with van der Waals surface area (Å²) in [7, 11) is 0. The third kappa shape index (κ3) is 10.8. The number of hydrogen-bond donors (Lipinski definition) is 1. The van der Waals surface area contributed by atoms with Gasteiger partial charge < -0.3 is 0 Å². The van der Waals surface area contributed by atoms with Crippen LogP contribution in [0.4, 0.5) is 0 Å². The molecule has 0 aliphatic heterocycles. The lowest BCUT2D eigenvalue weighted by Crippen LogP contribution is -2.16. The first kappa shape index (κ1) is 23.0. The number of nitrogens with one attached hydrogen (secondary N) is 1. The van der Waals surface area contributed by atoms with Crippen LogP contribution < -0.4 is 5.43 Å². The smallest absolute Gasteiger partial charge is 0.240 e. The van der Waals surface area contributed by atoms with E-state index in [0.717, 1.165) is 12.8 Å². The fourth-order valence-electron chi connectivity index (χ4n) is 2.81. The predicted octanol–water partition coefficient (Wildman–Crippen LogP) is 7.14. The van der Waals surface area contributed by atoms with Crippen molar-refractivity contribution in [2.24, 2.45) is 5.10 Å². The molecule has 0 aliphatic rings. The van der Waals surface area contributed by atoms with Crippen LogP contribution in [0.3, 0.4) is 0 Å². The third-order valence-corrected chi connectivity index (χ3v) is 5.05.